The molecule has 1 heterocycles. The highest BCUT2D eigenvalue weighted by Gasteiger charge is 2.63. The summed E-state index contributed by atoms with van der Waals surface area (Å²) in [7, 11) is 0. The van der Waals surface area contributed by atoms with Gasteiger partial charge in [-0.3, -0.25) is 9.59 Å². The maximum absolute atomic E-state index is 12.8. The summed E-state index contributed by atoms with van der Waals surface area (Å²) in [5.74, 6) is 1.21. The maximum Gasteiger partial charge on any atom is 0.310 e. The first-order valence-corrected chi connectivity index (χ1v) is 9.44. The number of hydrogen-bond donors (Lipinski definition) is 1. The Bertz CT molecular complexity index is 888. The predicted molar refractivity (Wildman–Crippen MR) is 99.4 cm³/mol. The van der Waals surface area contributed by atoms with Crippen molar-refractivity contribution in [3.8, 4) is 11.5 Å². The third-order valence-corrected chi connectivity index (χ3v) is 6.16. The van der Waals surface area contributed by atoms with Gasteiger partial charge in [0, 0.05) is 11.6 Å². The number of esters is 1. The van der Waals surface area contributed by atoms with Gasteiger partial charge in [-0.05, 0) is 62.1 Å². The van der Waals surface area contributed by atoms with Gasteiger partial charge in [0.1, 0.15) is 17.6 Å². The Morgan fingerprint density at radius 2 is 1.70 bits per heavy atom. The minimum atomic E-state index is -0.260. The van der Waals surface area contributed by atoms with Crippen molar-refractivity contribution in [3.63, 3.8) is 0 Å². The van der Waals surface area contributed by atoms with Crippen LogP contribution in [0.2, 0.25) is 0 Å². The van der Waals surface area contributed by atoms with E-state index >= 15 is 0 Å². The summed E-state index contributed by atoms with van der Waals surface area (Å²) in [5.41, 5.74) is 1.89. The summed E-state index contributed by atoms with van der Waals surface area (Å²) in [6.45, 7) is 2.03. The maximum atomic E-state index is 12.8. The molecule has 5 heteroatoms. The molecular weight excluding hydrogens is 342 g/mol. The van der Waals surface area contributed by atoms with Crippen LogP contribution in [-0.2, 0) is 14.3 Å². The summed E-state index contributed by atoms with van der Waals surface area (Å²) >= 11 is 0. The second-order valence-electron chi connectivity index (χ2n) is 7.85. The van der Waals surface area contributed by atoms with Crippen molar-refractivity contribution in [1.29, 1.82) is 0 Å². The van der Waals surface area contributed by atoms with Gasteiger partial charge in [-0.1, -0.05) is 17.7 Å². The lowest BCUT2D eigenvalue weighted by atomic mass is 9.79. The highest BCUT2D eigenvalue weighted by molar-refractivity contribution is 5.97. The lowest BCUT2D eigenvalue weighted by Crippen LogP contribution is -2.35. The fourth-order valence-corrected chi connectivity index (χ4v) is 4.94. The topological polar surface area (TPSA) is 64.6 Å². The smallest absolute Gasteiger partial charge is 0.310 e. The van der Waals surface area contributed by atoms with Crippen molar-refractivity contribution in [1.82, 2.24) is 0 Å². The number of rotatable bonds is 4. The molecule has 0 aromatic heterocycles. The molecule has 2 saturated carbocycles. The summed E-state index contributed by atoms with van der Waals surface area (Å²) in [6, 6.07) is 15.2. The molecule has 3 aliphatic rings. The van der Waals surface area contributed by atoms with Crippen LogP contribution in [0.25, 0.3) is 0 Å². The van der Waals surface area contributed by atoms with Crippen LogP contribution >= 0.6 is 0 Å². The molecule has 0 unspecified atom stereocenters. The lowest BCUT2D eigenvalue weighted by molar-refractivity contribution is -0.145. The van der Waals surface area contributed by atoms with Crippen LogP contribution in [0.4, 0.5) is 5.69 Å². The zero-order valence-corrected chi connectivity index (χ0v) is 15.1. The van der Waals surface area contributed by atoms with Crippen molar-refractivity contribution in [2.24, 2.45) is 23.7 Å². The van der Waals surface area contributed by atoms with Crippen molar-refractivity contribution in [3.05, 3.63) is 54.1 Å². The summed E-state index contributed by atoms with van der Waals surface area (Å²) < 4.78 is 11.2. The van der Waals surface area contributed by atoms with E-state index in [2.05, 4.69) is 5.32 Å². The second kappa shape index (κ2) is 6.12. The first-order valence-electron chi connectivity index (χ1n) is 9.44. The zero-order chi connectivity index (χ0) is 18.5. The van der Waals surface area contributed by atoms with Crippen LogP contribution in [0.5, 0.6) is 11.5 Å². The summed E-state index contributed by atoms with van der Waals surface area (Å²) in [6.07, 6.45) is 1.81. The van der Waals surface area contributed by atoms with E-state index < -0.39 is 0 Å². The fourth-order valence-electron chi connectivity index (χ4n) is 4.94. The molecule has 2 aromatic rings. The molecule has 1 amide bonds. The normalized spacial score (nSPS) is 30.3. The molecule has 2 aromatic carbocycles. The van der Waals surface area contributed by atoms with Gasteiger partial charge in [-0.25, -0.2) is 0 Å². The van der Waals surface area contributed by atoms with E-state index in [9.17, 15) is 9.59 Å². The van der Waals surface area contributed by atoms with E-state index in [0.29, 0.717) is 11.4 Å². The van der Waals surface area contributed by atoms with E-state index in [1.807, 2.05) is 55.5 Å². The molecule has 2 aliphatic carbocycles. The summed E-state index contributed by atoms with van der Waals surface area (Å²) in [4.78, 5) is 24.9. The van der Waals surface area contributed by atoms with Crippen LogP contribution < -0.4 is 10.1 Å². The Labute approximate surface area is 157 Å². The number of nitrogens with one attached hydrogen (secondary N) is 1. The molecule has 138 valence electrons. The van der Waals surface area contributed by atoms with Crippen LogP contribution in [0, 0.1) is 30.6 Å². The molecule has 1 saturated heterocycles. The van der Waals surface area contributed by atoms with Crippen molar-refractivity contribution >= 4 is 17.6 Å². The SMILES string of the molecule is Cc1ccc(Oc2ccc(NC(=O)[C@@H]3[C@@H]4C[C@H]5[C@@H]3C(=O)O[C@@H]5C4)cc2)cc1. The van der Waals surface area contributed by atoms with Crippen LogP contribution in [0.3, 0.4) is 0 Å². The Morgan fingerprint density at radius 3 is 2.41 bits per heavy atom. The Morgan fingerprint density at radius 1 is 1.04 bits per heavy atom. The number of anilines is 1. The Kier molecular flexibility index (Phi) is 3.71. The van der Waals surface area contributed by atoms with Gasteiger partial charge in [0.25, 0.3) is 0 Å². The largest absolute Gasteiger partial charge is 0.462 e. The van der Waals surface area contributed by atoms with E-state index in [1.165, 1.54) is 5.56 Å². The van der Waals surface area contributed by atoms with Crippen LogP contribution in [0.1, 0.15) is 18.4 Å². The monoisotopic (exact) mass is 363 g/mol. The number of carbonyl (C=O) groups excluding carboxylic acids is 2. The minimum Gasteiger partial charge on any atom is -0.462 e. The van der Waals surface area contributed by atoms with Gasteiger partial charge in [0.05, 0.1) is 11.8 Å². The molecular formula is C22H21NO4. The van der Waals surface area contributed by atoms with Gasteiger partial charge in [0.2, 0.25) is 5.91 Å². The average Bonchev–Trinajstić information content (AvgIpc) is 3.27. The highest BCUT2D eigenvalue weighted by Crippen LogP contribution is 2.57. The number of carbonyl (C=O) groups is 2. The second-order valence-corrected chi connectivity index (χ2v) is 7.85. The van der Waals surface area contributed by atoms with E-state index in [4.69, 9.17) is 9.47 Å². The average molecular weight is 363 g/mol. The molecule has 0 radical (unpaired) electrons. The van der Waals surface area contributed by atoms with Crippen molar-refractivity contribution in [2.45, 2.75) is 25.9 Å². The van der Waals surface area contributed by atoms with Gasteiger partial charge >= 0.3 is 5.97 Å². The van der Waals surface area contributed by atoms with E-state index in [-0.39, 0.29) is 41.7 Å². The van der Waals surface area contributed by atoms with Crippen molar-refractivity contribution in [2.75, 3.05) is 5.32 Å². The Balaban J connectivity index is 1.25. The van der Waals surface area contributed by atoms with Gasteiger partial charge < -0.3 is 14.8 Å². The number of benzene rings is 2. The molecule has 1 aliphatic heterocycles. The minimum absolute atomic E-state index is 0.0507. The molecule has 3 fully saturated rings. The van der Waals surface area contributed by atoms with Gasteiger partial charge in [-0.15, -0.1) is 0 Å². The number of ether oxygens (including phenoxy) is 2. The van der Waals surface area contributed by atoms with Crippen LogP contribution in [0.15, 0.2) is 48.5 Å². The quantitative estimate of drug-likeness (QED) is 0.836. The molecule has 1 N–H and O–H groups in total. The molecule has 5 atom stereocenters. The Hall–Kier alpha value is -2.82. The van der Waals surface area contributed by atoms with Crippen LogP contribution in [-0.4, -0.2) is 18.0 Å². The summed E-state index contributed by atoms with van der Waals surface area (Å²) in [5, 5.41) is 2.97. The van der Waals surface area contributed by atoms with E-state index in [0.717, 1.165) is 18.6 Å². The first-order chi connectivity index (χ1) is 13.1. The first kappa shape index (κ1) is 16.4. The number of amides is 1. The standard InChI is InChI=1S/C22H21NO4/c1-12-2-6-15(7-3-12)26-16-8-4-14(5-9-16)23-21(24)19-13-10-17-18(11-13)27-22(25)20(17)19/h2-9,13,17-20H,10-11H2,1H3,(H,23,24)/t13-,17-,18-,19-,20+/m1/s1. The molecule has 5 nitrogen and oxygen atoms in total. The molecule has 27 heavy (non-hydrogen) atoms. The number of aryl methyl sites for hydroxylation is 1. The third-order valence-electron chi connectivity index (χ3n) is 6.16. The third kappa shape index (κ3) is 2.78. The lowest BCUT2D eigenvalue weighted by Gasteiger charge is -2.23. The molecule has 0 spiro atoms. The molecule has 2 bridgehead atoms. The molecule has 5 rings (SSSR count). The van der Waals surface area contributed by atoms with Gasteiger partial charge in [-0.2, -0.15) is 0 Å². The number of hydrogen-bond acceptors (Lipinski definition) is 4. The van der Waals surface area contributed by atoms with Crippen molar-refractivity contribution < 1.29 is 19.1 Å². The fraction of sp³-hybridized carbons (Fsp3) is 0.364. The highest BCUT2D eigenvalue weighted by atomic mass is 16.6. The zero-order valence-electron chi connectivity index (χ0n) is 15.1. The van der Waals surface area contributed by atoms with Gasteiger partial charge in [0.15, 0.2) is 0 Å². The predicted octanol–water partition coefficient (Wildman–Crippen LogP) is 3.92. The van der Waals surface area contributed by atoms with E-state index in [1.54, 1.807) is 0 Å². The number of fused-ring (bicyclic) bond motifs is 1.